The van der Waals surface area contributed by atoms with E-state index in [0.29, 0.717) is 13.1 Å². The van der Waals surface area contributed by atoms with E-state index in [1.54, 1.807) is 0 Å². The summed E-state index contributed by atoms with van der Waals surface area (Å²) in [4.78, 5) is 22.5. The molecule has 0 saturated carbocycles. The van der Waals surface area contributed by atoms with Crippen molar-refractivity contribution in [3.8, 4) is 0 Å². The predicted molar refractivity (Wildman–Crippen MR) is 79.7 cm³/mol. The average Bonchev–Trinajstić information content (AvgIpc) is 2.44. The van der Waals surface area contributed by atoms with Crippen LogP contribution in [-0.4, -0.2) is 25.0 Å². The number of carbonyl (C=O) groups is 2. The number of rotatable bonds is 4. The number of anilines is 1. The lowest BCUT2D eigenvalue weighted by Crippen LogP contribution is -2.36. The molecular formula is C15H17N3O2. The van der Waals surface area contributed by atoms with Crippen molar-refractivity contribution in [1.29, 1.82) is 0 Å². The molecule has 2 aromatic carbocycles. The molecule has 3 N–H and O–H groups in total. The van der Waals surface area contributed by atoms with Gasteiger partial charge in [0.2, 0.25) is 5.91 Å². The van der Waals surface area contributed by atoms with Crippen LogP contribution in [0.25, 0.3) is 10.8 Å². The molecule has 2 aromatic rings. The third kappa shape index (κ3) is 3.71. The van der Waals surface area contributed by atoms with Crippen molar-refractivity contribution in [3.05, 3.63) is 42.5 Å². The van der Waals surface area contributed by atoms with E-state index in [2.05, 4.69) is 16.0 Å². The number of hydrogen-bond donors (Lipinski definition) is 3. The standard InChI is InChI=1S/C15H17N3O2/c1-11(19)16-9-10-17-15(20)18-14-8-4-6-12-5-2-3-7-13(12)14/h2-8H,9-10H2,1H3,(H,16,19)(H2,17,18,20). The zero-order valence-corrected chi connectivity index (χ0v) is 11.3. The Morgan fingerprint density at radius 1 is 0.950 bits per heavy atom. The highest BCUT2D eigenvalue weighted by atomic mass is 16.2. The number of fused-ring (bicyclic) bond motifs is 1. The van der Waals surface area contributed by atoms with Gasteiger partial charge in [0.1, 0.15) is 0 Å². The maximum Gasteiger partial charge on any atom is 0.319 e. The fourth-order valence-electron chi connectivity index (χ4n) is 1.92. The molecule has 5 heteroatoms. The summed E-state index contributed by atoms with van der Waals surface area (Å²) in [6, 6.07) is 13.3. The first-order chi connectivity index (χ1) is 9.66. The van der Waals surface area contributed by atoms with Crippen molar-refractivity contribution >= 4 is 28.4 Å². The molecule has 104 valence electrons. The second-order valence-electron chi connectivity index (χ2n) is 4.39. The van der Waals surface area contributed by atoms with E-state index in [9.17, 15) is 9.59 Å². The number of benzene rings is 2. The Hall–Kier alpha value is -2.56. The van der Waals surface area contributed by atoms with Crippen LogP contribution < -0.4 is 16.0 Å². The van der Waals surface area contributed by atoms with Gasteiger partial charge in [0, 0.05) is 25.4 Å². The summed E-state index contributed by atoms with van der Waals surface area (Å²) in [5, 5.41) is 10.2. The largest absolute Gasteiger partial charge is 0.355 e. The Labute approximate surface area is 117 Å². The van der Waals surface area contributed by atoms with E-state index >= 15 is 0 Å². The summed E-state index contributed by atoms with van der Waals surface area (Å²) in [6.07, 6.45) is 0. The van der Waals surface area contributed by atoms with Gasteiger partial charge >= 0.3 is 6.03 Å². The van der Waals surface area contributed by atoms with Crippen LogP contribution >= 0.6 is 0 Å². The topological polar surface area (TPSA) is 70.2 Å². The minimum Gasteiger partial charge on any atom is -0.355 e. The molecule has 0 radical (unpaired) electrons. The van der Waals surface area contributed by atoms with Crippen molar-refractivity contribution < 1.29 is 9.59 Å². The highest BCUT2D eigenvalue weighted by Gasteiger charge is 2.04. The molecule has 2 rings (SSSR count). The lowest BCUT2D eigenvalue weighted by atomic mass is 10.1. The van der Waals surface area contributed by atoms with Crippen LogP contribution in [-0.2, 0) is 4.79 Å². The van der Waals surface area contributed by atoms with Gasteiger partial charge < -0.3 is 16.0 Å². The van der Waals surface area contributed by atoms with Gasteiger partial charge in [-0.25, -0.2) is 4.79 Å². The Kier molecular flexibility index (Phi) is 4.55. The van der Waals surface area contributed by atoms with Gasteiger partial charge in [0.25, 0.3) is 0 Å². The Bertz CT molecular complexity index is 620. The van der Waals surface area contributed by atoms with E-state index in [1.807, 2.05) is 42.5 Å². The van der Waals surface area contributed by atoms with Crippen LogP contribution in [0.4, 0.5) is 10.5 Å². The van der Waals surface area contributed by atoms with Gasteiger partial charge in [0.05, 0.1) is 5.69 Å². The summed E-state index contributed by atoms with van der Waals surface area (Å²) >= 11 is 0. The first-order valence-corrected chi connectivity index (χ1v) is 6.44. The zero-order chi connectivity index (χ0) is 14.4. The van der Waals surface area contributed by atoms with Crippen molar-refractivity contribution in [2.75, 3.05) is 18.4 Å². The lowest BCUT2D eigenvalue weighted by molar-refractivity contribution is -0.118. The smallest absolute Gasteiger partial charge is 0.319 e. The van der Waals surface area contributed by atoms with Crippen LogP contribution in [0.2, 0.25) is 0 Å². The van der Waals surface area contributed by atoms with E-state index in [0.717, 1.165) is 16.5 Å². The van der Waals surface area contributed by atoms with E-state index < -0.39 is 0 Å². The van der Waals surface area contributed by atoms with Gasteiger partial charge in [-0.2, -0.15) is 0 Å². The molecule has 0 spiro atoms. The number of amides is 3. The third-order valence-electron chi connectivity index (χ3n) is 2.82. The molecule has 0 unspecified atom stereocenters. The van der Waals surface area contributed by atoms with Crippen molar-refractivity contribution in [2.45, 2.75) is 6.92 Å². The van der Waals surface area contributed by atoms with Crippen LogP contribution in [0, 0.1) is 0 Å². The molecule has 0 aliphatic carbocycles. The Balaban J connectivity index is 1.94. The third-order valence-corrected chi connectivity index (χ3v) is 2.82. The highest BCUT2D eigenvalue weighted by Crippen LogP contribution is 2.22. The van der Waals surface area contributed by atoms with E-state index in [1.165, 1.54) is 6.92 Å². The van der Waals surface area contributed by atoms with Gasteiger partial charge in [-0.1, -0.05) is 36.4 Å². The second kappa shape index (κ2) is 6.56. The monoisotopic (exact) mass is 271 g/mol. The molecule has 0 bridgehead atoms. The van der Waals surface area contributed by atoms with Crippen molar-refractivity contribution in [1.82, 2.24) is 10.6 Å². The molecule has 5 nitrogen and oxygen atoms in total. The first-order valence-electron chi connectivity index (χ1n) is 6.44. The van der Waals surface area contributed by atoms with Crippen LogP contribution in [0.5, 0.6) is 0 Å². The normalized spacial score (nSPS) is 10.1. The Morgan fingerprint density at radius 2 is 1.65 bits per heavy atom. The minimum atomic E-state index is -0.285. The van der Waals surface area contributed by atoms with Gasteiger partial charge in [-0.3, -0.25) is 4.79 Å². The van der Waals surface area contributed by atoms with Gasteiger partial charge in [-0.15, -0.1) is 0 Å². The molecule has 0 aliphatic rings. The Morgan fingerprint density at radius 3 is 2.45 bits per heavy atom. The molecule has 0 aromatic heterocycles. The van der Waals surface area contributed by atoms with Crippen molar-refractivity contribution in [3.63, 3.8) is 0 Å². The summed E-state index contributed by atoms with van der Waals surface area (Å²) in [6.45, 7) is 2.24. The lowest BCUT2D eigenvalue weighted by Gasteiger charge is -2.10. The molecule has 0 heterocycles. The zero-order valence-electron chi connectivity index (χ0n) is 11.3. The minimum absolute atomic E-state index is 0.110. The number of urea groups is 1. The quantitative estimate of drug-likeness (QED) is 0.745. The molecule has 3 amide bonds. The summed E-state index contributed by atoms with van der Waals surface area (Å²) in [5.41, 5.74) is 0.764. The number of hydrogen-bond acceptors (Lipinski definition) is 2. The van der Waals surface area contributed by atoms with Crippen LogP contribution in [0.3, 0.4) is 0 Å². The summed E-state index contributed by atoms with van der Waals surface area (Å²) < 4.78 is 0. The molecular weight excluding hydrogens is 254 g/mol. The van der Waals surface area contributed by atoms with E-state index in [-0.39, 0.29) is 11.9 Å². The number of nitrogens with one attached hydrogen (secondary N) is 3. The van der Waals surface area contributed by atoms with Crippen LogP contribution in [0.1, 0.15) is 6.92 Å². The van der Waals surface area contributed by atoms with Gasteiger partial charge in [0.15, 0.2) is 0 Å². The highest BCUT2D eigenvalue weighted by molar-refractivity contribution is 6.01. The fraction of sp³-hybridized carbons (Fsp3) is 0.200. The van der Waals surface area contributed by atoms with E-state index in [4.69, 9.17) is 0 Å². The summed E-state index contributed by atoms with van der Waals surface area (Å²) in [7, 11) is 0. The maximum atomic E-state index is 11.8. The second-order valence-corrected chi connectivity index (χ2v) is 4.39. The van der Waals surface area contributed by atoms with Gasteiger partial charge in [-0.05, 0) is 11.5 Å². The van der Waals surface area contributed by atoms with Crippen LogP contribution in [0.15, 0.2) is 42.5 Å². The molecule has 0 atom stereocenters. The molecule has 20 heavy (non-hydrogen) atoms. The maximum absolute atomic E-state index is 11.8. The average molecular weight is 271 g/mol. The summed E-state index contributed by atoms with van der Waals surface area (Å²) in [5.74, 6) is -0.110. The molecule has 0 aliphatic heterocycles. The van der Waals surface area contributed by atoms with Crippen molar-refractivity contribution in [2.24, 2.45) is 0 Å². The first kappa shape index (κ1) is 13.9. The molecule has 0 fully saturated rings. The SMILES string of the molecule is CC(=O)NCCNC(=O)Nc1cccc2ccccc12. The number of carbonyl (C=O) groups excluding carboxylic acids is 2. The fourth-order valence-corrected chi connectivity index (χ4v) is 1.92. The predicted octanol–water partition coefficient (Wildman–Crippen LogP) is 2.10. The molecule has 0 saturated heterocycles.